The van der Waals surface area contributed by atoms with E-state index in [4.69, 9.17) is 19.2 Å². The van der Waals surface area contributed by atoms with Crippen LogP contribution in [0.3, 0.4) is 0 Å². The molecule has 192 valence electrons. The van der Waals surface area contributed by atoms with E-state index in [1.165, 1.54) is 16.3 Å². The Morgan fingerprint density at radius 2 is 1.63 bits per heavy atom. The smallest absolute Gasteiger partial charge is 0.217 e. The maximum Gasteiger partial charge on any atom is 0.217 e. The summed E-state index contributed by atoms with van der Waals surface area (Å²) in [5.74, 6) is 1.24. The van der Waals surface area contributed by atoms with Gasteiger partial charge in [-0.1, -0.05) is 72.8 Å². The lowest BCUT2D eigenvalue weighted by Crippen LogP contribution is -2.47. The van der Waals surface area contributed by atoms with Crippen LogP contribution < -0.4 is 9.47 Å². The molecule has 1 aliphatic rings. The number of fused-ring (bicyclic) bond motifs is 2. The summed E-state index contributed by atoms with van der Waals surface area (Å²) in [6, 6.07) is 33.9. The van der Waals surface area contributed by atoms with Crippen molar-refractivity contribution in [2.75, 3.05) is 34.5 Å². The highest BCUT2D eigenvalue weighted by Crippen LogP contribution is 2.52. The minimum Gasteiger partial charge on any atom is -0.497 e. The normalized spacial score (nSPS) is 18.9. The molecule has 1 aromatic heterocycles. The lowest BCUT2D eigenvalue weighted by atomic mass is 9.70. The Labute approximate surface area is 223 Å². The van der Waals surface area contributed by atoms with Gasteiger partial charge in [0, 0.05) is 23.4 Å². The van der Waals surface area contributed by atoms with Crippen molar-refractivity contribution < 1.29 is 14.2 Å². The van der Waals surface area contributed by atoms with E-state index in [9.17, 15) is 0 Å². The largest absolute Gasteiger partial charge is 0.497 e. The zero-order valence-corrected chi connectivity index (χ0v) is 22.1. The molecule has 0 spiro atoms. The molecule has 1 saturated heterocycles. The van der Waals surface area contributed by atoms with E-state index < -0.39 is 5.60 Å². The number of benzene rings is 4. The summed E-state index contributed by atoms with van der Waals surface area (Å²) < 4.78 is 18.5. The fraction of sp³-hybridized carbons (Fsp3) is 0.242. The highest BCUT2D eigenvalue weighted by Gasteiger charge is 2.47. The van der Waals surface area contributed by atoms with Crippen LogP contribution in [0.15, 0.2) is 97.1 Å². The summed E-state index contributed by atoms with van der Waals surface area (Å²) in [5.41, 5.74) is 3.56. The molecule has 5 aromatic rings. The van der Waals surface area contributed by atoms with E-state index in [1.54, 1.807) is 14.2 Å². The van der Waals surface area contributed by atoms with E-state index in [1.807, 2.05) is 18.2 Å². The van der Waals surface area contributed by atoms with Gasteiger partial charge in [0.05, 0.1) is 19.7 Å². The monoisotopic (exact) mass is 504 g/mol. The molecule has 5 heteroatoms. The van der Waals surface area contributed by atoms with Crippen LogP contribution in [0, 0.1) is 0 Å². The van der Waals surface area contributed by atoms with E-state index >= 15 is 0 Å². The van der Waals surface area contributed by atoms with Gasteiger partial charge < -0.3 is 14.2 Å². The molecule has 6 rings (SSSR count). The van der Waals surface area contributed by atoms with Crippen molar-refractivity contribution in [3.63, 3.8) is 0 Å². The van der Waals surface area contributed by atoms with Crippen molar-refractivity contribution in [3.8, 4) is 11.6 Å². The quantitative estimate of drug-likeness (QED) is 0.256. The van der Waals surface area contributed by atoms with E-state index in [0.29, 0.717) is 12.6 Å². The van der Waals surface area contributed by atoms with Crippen molar-refractivity contribution in [2.45, 2.75) is 17.9 Å². The van der Waals surface area contributed by atoms with E-state index in [2.05, 4.69) is 90.8 Å². The van der Waals surface area contributed by atoms with Gasteiger partial charge in [-0.25, -0.2) is 4.98 Å². The molecule has 0 bridgehead atoms. The molecule has 2 heterocycles. The van der Waals surface area contributed by atoms with Gasteiger partial charge in [-0.3, -0.25) is 4.90 Å². The predicted molar refractivity (Wildman–Crippen MR) is 152 cm³/mol. The van der Waals surface area contributed by atoms with Gasteiger partial charge >= 0.3 is 0 Å². The van der Waals surface area contributed by atoms with Crippen LogP contribution in [-0.4, -0.2) is 44.4 Å². The topological polar surface area (TPSA) is 43.8 Å². The second-order valence-electron chi connectivity index (χ2n) is 10.0. The molecule has 1 fully saturated rings. The summed E-state index contributed by atoms with van der Waals surface area (Å²) in [6.45, 7) is 1.44. The molecular weight excluding hydrogens is 472 g/mol. The molecule has 38 heavy (non-hydrogen) atoms. The zero-order valence-electron chi connectivity index (χ0n) is 22.1. The molecular formula is C33H32N2O3. The molecule has 2 unspecified atom stereocenters. The summed E-state index contributed by atoms with van der Waals surface area (Å²) in [4.78, 5) is 7.20. The lowest BCUT2D eigenvalue weighted by molar-refractivity contribution is -0.145. The first-order chi connectivity index (χ1) is 18.6. The summed E-state index contributed by atoms with van der Waals surface area (Å²) >= 11 is 0. The van der Waals surface area contributed by atoms with Crippen molar-refractivity contribution in [1.29, 1.82) is 0 Å². The van der Waals surface area contributed by atoms with E-state index in [0.717, 1.165) is 40.7 Å². The number of aromatic nitrogens is 1. The van der Waals surface area contributed by atoms with Crippen molar-refractivity contribution >= 4 is 21.7 Å². The number of pyridine rings is 1. The number of hydrogen-bond donors (Lipinski definition) is 0. The van der Waals surface area contributed by atoms with Crippen LogP contribution in [0.25, 0.3) is 21.7 Å². The fourth-order valence-electron chi connectivity index (χ4n) is 5.91. The van der Waals surface area contributed by atoms with Crippen molar-refractivity contribution in [1.82, 2.24) is 9.88 Å². The summed E-state index contributed by atoms with van der Waals surface area (Å²) in [7, 11) is 5.49. The molecule has 0 saturated carbocycles. The van der Waals surface area contributed by atoms with Crippen LogP contribution in [0.2, 0.25) is 0 Å². The number of nitrogens with zero attached hydrogens (tertiary/aromatic N) is 2. The summed E-state index contributed by atoms with van der Waals surface area (Å²) in [5, 5.41) is 3.41. The molecule has 4 aromatic carbocycles. The van der Waals surface area contributed by atoms with Crippen LogP contribution in [0.1, 0.15) is 29.0 Å². The van der Waals surface area contributed by atoms with Gasteiger partial charge in [0.25, 0.3) is 0 Å². The van der Waals surface area contributed by atoms with Crippen LogP contribution >= 0.6 is 0 Å². The van der Waals surface area contributed by atoms with Gasteiger partial charge in [-0.05, 0) is 59.6 Å². The Kier molecular flexibility index (Phi) is 6.48. The third kappa shape index (κ3) is 4.18. The van der Waals surface area contributed by atoms with Gasteiger partial charge in [-0.2, -0.15) is 0 Å². The average molecular weight is 505 g/mol. The Bertz CT molecular complexity index is 1570. The standard InChI is InChI=1S/C33H32N2O3/c1-35-19-18-33(38-22-35,29-15-9-13-23-10-7-8-14-27(23)29)31(24-11-5-4-6-12-24)28-21-25-20-26(36-2)16-17-30(25)34-32(28)37-3/h4-17,20-21,31H,18-19,22H2,1-3H3. The number of rotatable bonds is 6. The van der Waals surface area contributed by atoms with Crippen molar-refractivity contribution in [3.05, 3.63) is 114 Å². The van der Waals surface area contributed by atoms with E-state index in [-0.39, 0.29) is 5.92 Å². The maximum atomic E-state index is 7.02. The fourth-order valence-corrected chi connectivity index (χ4v) is 5.91. The maximum absolute atomic E-state index is 7.02. The molecule has 5 nitrogen and oxygen atoms in total. The number of ether oxygens (including phenoxy) is 3. The zero-order chi connectivity index (χ0) is 26.1. The molecule has 0 radical (unpaired) electrons. The summed E-state index contributed by atoms with van der Waals surface area (Å²) in [6.07, 6.45) is 0.816. The minimum absolute atomic E-state index is 0.166. The first kappa shape index (κ1) is 24.4. The van der Waals surface area contributed by atoms with Crippen LogP contribution in [0.5, 0.6) is 11.6 Å². The molecule has 1 aliphatic heterocycles. The highest BCUT2D eigenvalue weighted by molar-refractivity contribution is 5.87. The van der Waals surface area contributed by atoms with Gasteiger partial charge in [-0.15, -0.1) is 0 Å². The lowest BCUT2D eigenvalue weighted by Gasteiger charge is -2.47. The SMILES string of the molecule is COc1ccc2nc(OC)c(C(c3ccccc3)C3(c4cccc5ccccc45)CCN(C)CO3)cc2c1. The first-order valence-corrected chi connectivity index (χ1v) is 13.0. The number of hydrogen-bond acceptors (Lipinski definition) is 5. The Morgan fingerprint density at radius 3 is 2.39 bits per heavy atom. The first-order valence-electron chi connectivity index (χ1n) is 13.0. The second kappa shape index (κ2) is 10.1. The molecule has 0 N–H and O–H groups in total. The Hall–Kier alpha value is -3.93. The van der Waals surface area contributed by atoms with Gasteiger partial charge in [0.2, 0.25) is 5.88 Å². The van der Waals surface area contributed by atoms with Crippen LogP contribution in [-0.2, 0) is 10.3 Å². The third-order valence-corrected chi connectivity index (χ3v) is 7.77. The van der Waals surface area contributed by atoms with Crippen LogP contribution in [0.4, 0.5) is 0 Å². The third-order valence-electron chi connectivity index (χ3n) is 7.77. The van der Waals surface area contributed by atoms with Crippen molar-refractivity contribution in [2.24, 2.45) is 0 Å². The van der Waals surface area contributed by atoms with Gasteiger partial charge in [0.1, 0.15) is 18.1 Å². The second-order valence-corrected chi connectivity index (χ2v) is 10.0. The predicted octanol–water partition coefficient (Wildman–Crippen LogP) is 6.74. The Morgan fingerprint density at radius 1 is 0.842 bits per heavy atom. The van der Waals surface area contributed by atoms with Gasteiger partial charge in [0.15, 0.2) is 0 Å². The number of methoxy groups -OCH3 is 2. The Balaban J connectivity index is 1.67. The molecule has 0 aliphatic carbocycles. The molecule has 0 amide bonds. The average Bonchev–Trinajstić information content (AvgIpc) is 2.98. The highest BCUT2D eigenvalue weighted by atomic mass is 16.5. The minimum atomic E-state index is -0.643. The molecule has 2 atom stereocenters.